The maximum absolute atomic E-state index is 12.6. The molecule has 4 heterocycles. The number of hydrogen-bond acceptors (Lipinski definition) is 4. The smallest absolute Gasteiger partial charge is 0.241 e. The predicted molar refractivity (Wildman–Crippen MR) is 160 cm³/mol. The van der Waals surface area contributed by atoms with E-state index >= 15 is 0 Å². The Kier molecular flexibility index (Phi) is 5.00. The first kappa shape index (κ1) is 24.7. The van der Waals surface area contributed by atoms with E-state index in [2.05, 4.69) is 133 Å². The molecule has 0 spiro atoms. The maximum Gasteiger partial charge on any atom is 0.241 e. The van der Waals surface area contributed by atoms with Crippen LogP contribution in [0.3, 0.4) is 0 Å². The number of nitrogens with zero attached hydrogens (tertiary/aromatic N) is 2. The topological polar surface area (TPSA) is 64.7 Å². The molecule has 7 rings (SSSR count). The molecule has 2 amide bonds. The zero-order valence-corrected chi connectivity index (χ0v) is 23.4. The van der Waals surface area contributed by atoms with Gasteiger partial charge in [0, 0.05) is 22.2 Å². The Bertz CT molecular complexity index is 1500. The number of fused-ring (bicyclic) bond motifs is 6. The summed E-state index contributed by atoms with van der Waals surface area (Å²) >= 11 is 0. The number of carbonyl (C=O) groups is 2. The lowest BCUT2D eigenvalue weighted by Gasteiger charge is -2.40. The highest BCUT2D eigenvalue weighted by Crippen LogP contribution is 2.54. The van der Waals surface area contributed by atoms with Crippen molar-refractivity contribution >= 4 is 35.3 Å². The molecule has 0 radical (unpaired) electrons. The van der Waals surface area contributed by atoms with Crippen molar-refractivity contribution in [3.05, 3.63) is 107 Å². The van der Waals surface area contributed by atoms with Crippen LogP contribution in [0.25, 0.3) is 12.2 Å². The van der Waals surface area contributed by atoms with E-state index in [1.54, 1.807) is 0 Å². The fraction of sp³-hybridized carbons (Fsp3) is 0.294. The van der Waals surface area contributed by atoms with Crippen molar-refractivity contribution in [2.24, 2.45) is 0 Å². The van der Waals surface area contributed by atoms with Gasteiger partial charge in [-0.1, -0.05) is 101 Å². The van der Waals surface area contributed by atoms with Crippen LogP contribution in [-0.2, 0) is 20.4 Å². The fourth-order valence-corrected chi connectivity index (χ4v) is 7.43. The minimum absolute atomic E-state index is 0.0390. The zero-order chi connectivity index (χ0) is 27.9. The van der Waals surface area contributed by atoms with Crippen molar-refractivity contribution in [1.29, 1.82) is 0 Å². The number of nitrogens with one attached hydrogen (secondary N) is 2. The molecule has 40 heavy (non-hydrogen) atoms. The third-order valence-electron chi connectivity index (χ3n) is 9.73. The molecule has 0 aliphatic carbocycles. The van der Waals surface area contributed by atoms with E-state index in [9.17, 15) is 9.59 Å². The first-order chi connectivity index (χ1) is 19.1. The minimum atomic E-state index is -0.612. The molecule has 6 nitrogen and oxygen atoms in total. The molecule has 0 aromatic heterocycles. The van der Waals surface area contributed by atoms with E-state index in [4.69, 9.17) is 0 Å². The maximum atomic E-state index is 12.6. The molecular formula is C34H34N4O2. The summed E-state index contributed by atoms with van der Waals surface area (Å²) in [6.45, 7) is 9.49. The molecule has 4 aliphatic heterocycles. The highest BCUT2D eigenvalue weighted by atomic mass is 16.2. The Balaban J connectivity index is 1.17. The summed E-state index contributed by atoms with van der Waals surface area (Å²) in [6, 6.07) is 25.1. The second-order valence-corrected chi connectivity index (χ2v) is 12.4. The third kappa shape index (κ3) is 3.10. The number of para-hydroxylation sites is 2. The molecule has 2 atom stereocenters. The van der Waals surface area contributed by atoms with E-state index in [1.807, 2.05) is 12.1 Å². The standard InChI is InChI=1S/C34H34N4O2/c1-31(2)25-9-5-7-11-27(25)37-21-29(39)35-33(31,37)19-17-23-13-15-24(16-14-23)18-20-34-32(3,4)26-10-6-8-12-28(26)38(34)22-30(40)36-34/h5-20H,21-22H2,1-4H3,(H,35,39)(H,36,40)/b19-17+,20-18+/t33-,34-/m1/s1. The van der Waals surface area contributed by atoms with Crippen molar-refractivity contribution in [3.63, 3.8) is 0 Å². The minimum Gasteiger partial charge on any atom is -0.335 e. The fourth-order valence-electron chi connectivity index (χ4n) is 7.43. The van der Waals surface area contributed by atoms with Gasteiger partial charge in [0.05, 0.1) is 13.1 Å². The number of rotatable bonds is 4. The van der Waals surface area contributed by atoms with Crippen molar-refractivity contribution < 1.29 is 9.59 Å². The molecule has 3 aromatic carbocycles. The van der Waals surface area contributed by atoms with Crippen molar-refractivity contribution in [2.45, 2.75) is 49.9 Å². The number of amides is 2. The van der Waals surface area contributed by atoms with Gasteiger partial charge in [-0.2, -0.15) is 0 Å². The van der Waals surface area contributed by atoms with Crippen LogP contribution in [0.2, 0.25) is 0 Å². The highest BCUT2D eigenvalue weighted by molar-refractivity contribution is 5.92. The SMILES string of the molecule is CC1(C)c2ccccc2N2CC(=O)N[C@]21/C=C/c1ccc(/C=C/[C@@]23NC(=O)CN2c2ccccc2C3(C)C)cc1. The van der Waals surface area contributed by atoms with Gasteiger partial charge < -0.3 is 20.4 Å². The van der Waals surface area contributed by atoms with Crippen LogP contribution >= 0.6 is 0 Å². The molecule has 0 unspecified atom stereocenters. The van der Waals surface area contributed by atoms with Gasteiger partial charge in [0.1, 0.15) is 11.3 Å². The molecule has 2 fully saturated rings. The summed E-state index contributed by atoms with van der Waals surface area (Å²) in [5.74, 6) is 0.0780. The Morgan fingerprint density at radius 3 is 1.38 bits per heavy atom. The lowest BCUT2D eigenvalue weighted by Crippen LogP contribution is -2.58. The summed E-state index contributed by atoms with van der Waals surface area (Å²) < 4.78 is 0. The Labute approximate surface area is 235 Å². The summed E-state index contributed by atoms with van der Waals surface area (Å²) in [5, 5.41) is 6.58. The van der Waals surface area contributed by atoms with Crippen LogP contribution in [0.4, 0.5) is 11.4 Å². The Hall–Kier alpha value is -4.32. The molecule has 2 saturated heterocycles. The lowest BCUT2D eigenvalue weighted by atomic mass is 9.75. The quantitative estimate of drug-likeness (QED) is 0.501. The second-order valence-electron chi connectivity index (χ2n) is 12.4. The van der Waals surface area contributed by atoms with Crippen molar-refractivity contribution in [1.82, 2.24) is 10.6 Å². The summed E-state index contributed by atoms with van der Waals surface area (Å²) in [5.41, 5.74) is 5.01. The van der Waals surface area contributed by atoms with Crippen LogP contribution in [0.1, 0.15) is 49.9 Å². The molecular weight excluding hydrogens is 496 g/mol. The molecule has 6 heteroatoms. The second kappa shape index (κ2) is 8.10. The molecule has 2 N–H and O–H groups in total. The number of hydrogen-bond donors (Lipinski definition) is 2. The number of carbonyl (C=O) groups excluding carboxylic acids is 2. The predicted octanol–water partition coefficient (Wildman–Crippen LogP) is 4.96. The van der Waals surface area contributed by atoms with Crippen LogP contribution in [-0.4, -0.2) is 36.2 Å². The highest BCUT2D eigenvalue weighted by Gasteiger charge is 2.61. The van der Waals surface area contributed by atoms with Crippen LogP contribution in [0, 0.1) is 0 Å². The van der Waals surface area contributed by atoms with E-state index < -0.39 is 11.3 Å². The first-order valence-corrected chi connectivity index (χ1v) is 13.9. The Morgan fingerprint density at radius 2 is 0.975 bits per heavy atom. The van der Waals surface area contributed by atoms with Gasteiger partial charge in [-0.05, 0) is 46.5 Å². The first-order valence-electron chi connectivity index (χ1n) is 13.9. The average Bonchev–Trinajstić information content (AvgIpc) is 3.58. The monoisotopic (exact) mass is 530 g/mol. The molecule has 0 saturated carbocycles. The normalized spacial score (nSPS) is 27.1. The zero-order valence-electron chi connectivity index (χ0n) is 23.4. The van der Waals surface area contributed by atoms with Gasteiger partial charge in [0.15, 0.2) is 0 Å². The molecule has 4 aliphatic rings. The van der Waals surface area contributed by atoms with Gasteiger partial charge >= 0.3 is 0 Å². The van der Waals surface area contributed by atoms with Gasteiger partial charge in [0.2, 0.25) is 11.8 Å². The lowest BCUT2D eigenvalue weighted by molar-refractivity contribution is -0.119. The summed E-state index contributed by atoms with van der Waals surface area (Å²) in [6.07, 6.45) is 8.50. The molecule has 3 aromatic rings. The Morgan fingerprint density at radius 1 is 0.600 bits per heavy atom. The van der Waals surface area contributed by atoms with Gasteiger partial charge in [-0.3, -0.25) is 9.59 Å². The van der Waals surface area contributed by atoms with Crippen LogP contribution in [0.5, 0.6) is 0 Å². The summed E-state index contributed by atoms with van der Waals surface area (Å²) in [7, 11) is 0. The van der Waals surface area contributed by atoms with Gasteiger partial charge in [-0.15, -0.1) is 0 Å². The largest absolute Gasteiger partial charge is 0.335 e. The number of anilines is 2. The average molecular weight is 531 g/mol. The van der Waals surface area contributed by atoms with E-state index in [0.29, 0.717) is 13.1 Å². The summed E-state index contributed by atoms with van der Waals surface area (Å²) in [4.78, 5) is 29.6. The third-order valence-corrected chi connectivity index (χ3v) is 9.73. The van der Waals surface area contributed by atoms with Crippen molar-refractivity contribution in [3.8, 4) is 0 Å². The van der Waals surface area contributed by atoms with Crippen LogP contribution < -0.4 is 20.4 Å². The molecule has 0 bridgehead atoms. The number of benzene rings is 3. The van der Waals surface area contributed by atoms with E-state index in [-0.39, 0.29) is 22.6 Å². The van der Waals surface area contributed by atoms with E-state index in [1.165, 1.54) is 11.1 Å². The van der Waals surface area contributed by atoms with E-state index in [0.717, 1.165) is 22.5 Å². The van der Waals surface area contributed by atoms with Gasteiger partial charge in [0.25, 0.3) is 0 Å². The van der Waals surface area contributed by atoms with Crippen molar-refractivity contribution in [2.75, 3.05) is 22.9 Å². The molecule has 202 valence electrons. The van der Waals surface area contributed by atoms with Gasteiger partial charge in [-0.25, -0.2) is 0 Å². The van der Waals surface area contributed by atoms with Crippen LogP contribution in [0.15, 0.2) is 84.9 Å².